The molecule has 0 aromatic rings. The minimum atomic E-state index is -0.312. The molecule has 1 nitrogen and oxygen atoms in total. The highest BCUT2D eigenvalue weighted by atomic mass is 32.9. The van der Waals surface area contributed by atoms with Crippen molar-refractivity contribution in [2.45, 2.75) is 0 Å². The summed E-state index contributed by atoms with van der Waals surface area (Å²) >= 11 is 4.84. The standard InChI is InChI=1S/C2H3OPS2/c5-6-2-1-3-4-6/h1-2,6H. The van der Waals surface area contributed by atoms with Crippen LogP contribution < -0.4 is 0 Å². The van der Waals surface area contributed by atoms with Gasteiger partial charge in [0.1, 0.15) is 6.26 Å². The van der Waals surface area contributed by atoms with Gasteiger partial charge in [-0.1, -0.05) is 8.63 Å². The van der Waals surface area contributed by atoms with E-state index >= 15 is 0 Å². The minimum absolute atomic E-state index is 0.312. The van der Waals surface area contributed by atoms with Crippen LogP contribution in [-0.4, -0.2) is 0 Å². The van der Waals surface area contributed by atoms with Crippen LogP contribution in [0.3, 0.4) is 0 Å². The van der Waals surface area contributed by atoms with Crippen molar-refractivity contribution in [3.05, 3.63) is 11.7 Å². The Balaban J connectivity index is 2.96. The van der Waals surface area contributed by atoms with Crippen LogP contribution in [-0.2, 0) is 24.3 Å². The molecule has 1 atom stereocenters. The largest absolute Gasteiger partial charge is 0.440 e. The lowest BCUT2D eigenvalue weighted by atomic mass is 11.2. The predicted molar refractivity (Wildman–Crippen MR) is 33.3 cm³/mol. The summed E-state index contributed by atoms with van der Waals surface area (Å²) in [5.74, 6) is 0. The lowest BCUT2D eigenvalue weighted by molar-refractivity contribution is 0.567. The van der Waals surface area contributed by atoms with Crippen LogP contribution in [0.25, 0.3) is 0 Å². The van der Waals surface area contributed by atoms with Crippen molar-refractivity contribution in [1.29, 1.82) is 0 Å². The van der Waals surface area contributed by atoms with Crippen molar-refractivity contribution in [3.63, 3.8) is 0 Å². The molecule has 0 fully saturated rings. The van der Waals surface area contributed by atoms with E-state index in [-0.39, 0.29) is 8.63 Å². The molecule has 0 saturated heterocycles. The molecule has 1 aliphatic heterocycles. The van der Waals surface area contributed by atoms with Gasteiger partial charge in [-0.25, -0.2) is 0 Å². The first-order valence-electron chi connectivity index (χ1n) is 1.39. The molecule has 0 bridgehead atoms. The molecule has 4 heteroatoms. The second-order valence-electron chi connectivity index (χ2n) is 0.775. The van der Waals surface area contributed by atoms with Gasteiger partial charge in [0.2, 0.25) is 0 Å². The lowest BCUT2D eigenvalue weighted by Gasteiger charge is -1.68. The van der Waals surface area contributed by atoms with E-state index in [9.17, 15) is 0 Å². The Morgan fingerprint density at radius 2 is 2.67 bits per heavy atom. The van der Waals surface area contributed by atoms with Gasteiger partial charge in [0.05, 0.1) is 0 Å². The fourth-order valence-electron chi connectivity index (χ4n) is 0.180. The summed E-state index contributed by atoms with van der Waals surface area (Å²) in [7, 11) is 0.646. The van der Waals surface area contributed by atoms with Gasteiger partial charge in [0, 0.05) is 5.41 Å². The second kappa shape index (κ2) is 1.92. The molecule has 1 heterocycles. The van der Waals surface area contributed by atoms with Crippen molar-refractivity contribution in [2.75, 3.05) is 0 Å². The Labute approximate surface area is 44.1 Å². The van der Waals surface area contributed by atoms with Crippen molar-refractivity contribution in [2.24, 2.45) is 0 Å². The van der Waals surface area contributed by atoms with E-state index in [1.165, 1.54) is 0 Å². The highest BCUT2D eigenvalue weighted by Crippen LogP contribution is 2.09. The summed E-state index contributed by atoms with van der Waals surface area (Å²) < 4.78 is 4.77. The first-order chi connectivity index (χ1) is 2.89. The zero-order chi connectivity index (χ0) is 4.41. The molecule has 0 amide bonds. The number of rotatable bonds is 0. The number of hydrogen-bond donors (Lipinski definition) is 1. The van der Waals surface area contributed by atoms with E-state index in [2.05, 4.69) is 0 Å². The summed E-state index contributed by atoms with van der Waals surface area (Å²) in [6.45, 7) is 0. The molecule has 0 aliphatic carbocycles. The molecule has 0 saturated carbocycles. The Morgan fingerprint density at radius 1 is 1.83 bits per heavy atom. The molecule has 0 radical (unpaired) electrons. The second-order valence-corrected chi connectivity index (χ2v) is 5.83. The van der Waals surface area contributed by atoms with E-state index in [0.717, 1.165) is 7.58 Å². The highest BCUT2D eigenvalue weighted by molar-refractivity contribution is 8.42. The third-order valence-corrected chi connectivity index (χ3v) is 3.26. The van der Waals surface area contributed by atoms with Crippen LogP contribution in [0.15, 0.2) is 11.7 Å². The molecule has 6 heavy (non-hydrogen) atoms. The summed E-state index contributed by atoms with van der Waals surface area (Å²) in [4.78, 5) is 0. The molecule has 0 aromatic heterocycles. The van der Waals surface area contributed by atoms with Crippen LogP contribution in [0.2, 0.25) is 0 Å². The van der Waals surface area contributed by atoms with Crippen molar-refractivity contribution in [3.8, 4) is 0 Å². The molecule has 34 valence electrons. The Bertz CT molecular complexity index is 144. The predicted octanol–water partition coefficient (Wildman–Crippen LogP) is 1.08. The van der Waals surface area contributed by atoms with Crippen LogP contribution in [0.4, 0.5) is 0 Å². The SMILES string of the molecule is S=[SH]1=POC=C1. The first-order valence-corrected chi connectivity index (χ1v) is 5.33. The van der Waals surface area contributed by atoms with Crippen LogP contribution >= 0.6 is 7.58 Å². The summed E-state index contributed by atoms with van der Waals surface area (Å²) in [5, 5.41) is 1.92. The first kappa shape index (κ1) is 4.57. The number of hydrogen-bond acceptors (Lipinski definition) is 2. The molecule has 0 aromatic carbocycles. The molecular formula is C2H3OPS2. The van der Waals surface area contributed by atoms with Gasteiger partial charge in [0.25, 0.3) is 0 Å². The van der Waals surface area contributed by atoms with Gasteiger partial charge < -0.3 is 4.52 Å². The smallest absolute Gasteiger partial charge is 0.161 e. The maximum atomic E-state index is 4.84. The highest BCUT2D eigenvalue weighted by Gasteiger charge is 1.78. The fraction of sp³-hybridized carbons (Fsp3) is 0. The van der Waals surface area contributed by atoms with Crippen LogP contribution in [0, 0.1) is 0 Å². The average molecular weight is 138 g/mol. The molecule has 0 spiro atoms. The van der Waals surface area contributed by atoms with E-state index in [1.807, 2.05) is 5.41 Å². The maximum Gasteiger partial charge on any atom is 0.161 e. The van der Waals surface area contributed by atoms with Gasteiger partial charge in [-0.15, -0.1) is 0 Å². The Hall–Kier alpha value is 0.410. The van der Waals surface area contributed by atoms with E-state index in [4.69, 9.17) is 15.7 Å². The normalized spacial score (nSPS) is 31.7. The number of thiol groups is 1. The van der Waals surface area contributed by atoms with Gasteiger partial charge in [-0.05, 0) is 11.2 Å². The van der Waals surface area contributed by atoms with E-state index in [1.54, 1.807) is 6.26 Å². The Morgan fingerprint density at radius 3 is 2.83 bits per heavy atom. The van der Waals surface area contributed by atoms with Gasteiger partial charge in [0.15, 0.2) is 7.58 Å². The minimum Gasteiger partial charge on any atom is -0.440 e. The third-order valence-electron chi connectivity index (χ3n) is 0.377. The van der Waals surface area contributed by atoms with Gasteiger partial charge in [-0.3, -0.25) is 0 Å². The summed E-state index contributed by atoms with van der Waals surface area (Å²) in [6.07, 6.45) is 1.67. The molecule has 1 rings (SSSR count). The van der Waals surface area contributed by atoms with Gasteiger partial charge >= 0.3 is 0 Å². The van der Waals surface area contributed by atoms with Crippen molar-refractivity contribution in [1.82, 2.24) is 0 Å². The zero-order valence-electron chi connectivity index (χ0n) is 2.87. The van der Waals surface area contributed by atoms with Crippen LogP contribution in [0.5, 0.6) is 0 Å². The van der Waals surface area contributed by atoms with E-state index < -0.39 is 0 Å². The van der Waals surface area contributed by atoms with Crippen molar-refractivity contribution >= 4 is 27.4 Å². The third kappa shape index (κ3) is 0.934. The van der Waals surface area contributed by atoms with E-state index in [0.29, 0.717) is 0 Å². The molecule has 0 N–H and O–H groups in total. The average Bonchev–Trinajstić information content (AvgIpc) is 1.86. The molecular weight excluding hydrogens is 135 g/mol. The quantitative estimate of drug-likeness (QED) is 0.396. The maximum absolute atomic E-state index is 4.84. The summed E-state index contributed by atoms with van der Waals surface area (Å²) in [5.41, 5.74) is 0. The van der Waals surface area contributed by atoms with Crippen molar-refractivity contribution < 1.29 is 4.52 Å². The molecule has 1 aliphatic rings. The molecule has 1 unspecified atom stereocenters. The monoisotopic (exact) mass is 138 g/mol. The van der Waals surface area contributed by atoms with Crippen LogP contribution in [0.1, 0.15) is 0 Å². The topological polar surface area (TPSA) is 9.23 Å². The zero-order valence-corrected chi connectivity index (χ0v) is 5.47. The fourth-order valence-corrected chi connectivity index (χ4v) is 1.97. The lowest BCUT2D eigenvalue weighted by Crippen LogP contribution is -1.41. The summed E-state index contributed by atoms with van der Waals surface area (Å²) in [6, 6.07) is 0. The van der Waals surface area contributed by atoms with Gasteiger partial charge in [-0.2, -0.15) is 0 Å². The Kier molecular flexibility index (Phi) is 1.46.